The summed E-state index contributed by atoms with van der Waals surface area (Å²) in [6, 6.07) is 5.36. The van der Waals surface area contributed by atoms with E-state index in [0.29, 0.717) is 5.56 Å². The molecule has 0 atom stereocenters. The van der Waals surface area contributed by atoms with Gasteiger partial charge in [-0.2, -0.15) is 5.26 Å². The number of hydrogen-bond donors (Lipinski definition) is 0. The lowest BCUT2D eigenvalue weighted by Gasteiger charge is -2.09. The van der Waals surface area contributed by atoms with Crippen molar-refractivity contribution in [3.05, 3.63) is 28.8 Å². The van der Waals surface area contributed by atoms with Crippen molar-refractivity contribution < 1.29 is 9.53 Å². The van der Waals surface area contributed by atoms with E-state index in [1.165, 1.54) is 0 Å². The monoisotopic (exact) mass is 203 g/mol. The predicted octanol–water partition coefficient (Wildman–Crippen LogP) is 2.41. The van der Waals surface area contributed by atoms with E-state index in [9.17, 15) is 4.79 Å². The van der Waals surface area contributed by atoms with Gasteiger partial charge in [0.05, 0.1) is 19.6 Å². The van der Waals surface area contributed by atoms with Crippen molar-refractivity contribution in [2.24, 2.45) is 0 Å². The lowest BCUT2D eigenvalue weighted by Crippen LogP contribution is -2.00. The Hall–Kier alpha value is -1.82. The molecule has 0 radical (unpaired) electrons. The topological polar surface area (TPSA) is 50.1 Å². The highest BCUT2D eigenvalue weighted by Crippen LogP contribution is 2.24. The molecule has 3 nitrogen and oxygen atoms in total. The van der Waals surface area contributed by atoms with E-state index in [-0.39, 0.29) is 12.2 Å². The van der Waals surface area contributed by atoms with Gasteiger partial charge < -0.3 is 4.74 Å². The Morgan fingerprint density at radius 1 is 1.40 bits per heavy atom. The molecule has 0 unspecified atom stereocenters. The van der Waals surface area contributed by atoms with Crippen molar-refractivity contribution in [3.8, 4) is 11.8 Å². The summed E-state index contributed by atoms with van der Waals surface area (Å²) in [5.74, 6) is 0.648. The fraction of sp³-hybridized carbons (Fsp3) is 0.333. The van der Waals surface area contributed by atoms with Gasteiger partial charge >= 0.3 is 0 Å². The zero-order valence-electron chi connectivity index (χ0n) is 9.13. The third-order valence-corrected chi connectivity index (χ3v) is 2.23. The number of carbonyl (C=O) groups is 1. The van der Waals surface area contributed by atoms with Crippen LogP contribution in [0.5, 0.6) is 5.75 Å². The molecule has 15 heavy (non-hydrogen) atoms. The lowest BCUT2D eigenvalue weighted by molar-refractivity contribution is 0.0997. The summed E-state index contributed by atoms with van der Waals surface area (Å²) in [6.45, 7) is 3.77. The third kappa shape index (κ3) is 2.35. The van der Waals surface area contributed by atoms with Crippen LogP contribution in [0.4, 0.5) is 0 Å². The van der Waals surface area contributed by atoms with E-state index in [0.717, 1.165) is 16.9 Å². The molecule has 0 heterocycles. The van der Waals surface area contributed by atoms with Gasteiger partial charge in [-0.05, 0) is 37.1 Å². The van der Waals surface area contributed by atoms with E-state index in [1.54, 1.807) is 19.2 Å². The van der Waals surface area contributed by atoms with Gasteiger partial charge in [-0.15, -0.1) is 0 Å². The molecule has 0 bridgehead atoms. The molecule has 0 fully saturated rings. The van der Waals surface area contributed by atoms with Gasteiger partial charge in [0.15, 0.2) is 5.78 Å². The molecule has 0 N–H and O–H groups in total. The highest BCUT2D eigenvalue weighted by Gasteiger charge is 2.10. The zero-order valence-corrected chi connectivity index (χ0v) is 9.13. The minimum atomic E-state index is -0.147. The second-order valence-corrected chi connectivity index (χ2v) is 3.40. The number of carbonyl (C=O) groups excluding carboxylic acids is 1. The van der Waals surface area contributed by atoms with Crippen LogP contribution in [0.25, 0.3) is 0 Å². The number of ketones is 1. The summed E-state index contributed by atoms with van der Waals surface area (Å²) < 4.78 is 5.19. The number of methoxy groups -OCH3 is 1. The minimum Gasteiger partial charge on any atom is -0.496 e. The molecular weight excluding hydrogens is 190 g/mol. The first-order valence-electron chi connectivity index (χ1n) is 4.65. The Morgan fingerprint density at radius 2 is 1.93 bits per heavy atom. The summed E-state index contributed by atoms with van der Waals surface area (Å²) in [7, 11) is 1.60. The van der Waals surface area contributed by atoms with Crippen molar-refractivity contribution in [3.63, 3.8) is 0 Å². The van der Waals surface area contributed by atoms with E-state index in [1.807, 2.05) is 19.9 Å². The Bertz CT molecular complexity index is 407. The number of nitriles is 1. The van der Waals surface area contributed by atoms with E-state index < -0.39 is 0 Å². The molecule has 1 aromatic carbocycles. The van der Waals surface area contributed by atoms with Gasteiger partial charge in [-0.25, -0.2) is 0 Å². The highest BCUT2D eigenvalue weighted by molar-refractivity contribution is 5.97. The number of benzene rings is 1. The van der Waals surface area contributed by atoms with Crippen LogP contribution in [0.15, 0.2) is 12.1 Å². The smallest absolute Gasteiger partial charge is 0.176 e. The maximum Gasteiger partial charge on any atom is 0.176 e. The van der Waals surface area contributed by atoms with Crippen molar-refractivity contribution in [2.75, 3.05) is 7.11 Å². The van der Waals surface area contributed by atoms with Crippen LogP contribution in [0, 0.1) is 25.2 Å². The first-order chi connectivity index (χ1) is 7.10. The Balaban J connectivity index is 3.15. The van der Waals surface area contributed by atoms with Crippen molar-refractivity contribution in [2.45, 2.75) is 20.3 Å². The molecule has 0 saturated carbocycles. The standard InChI is InChI=1S/C12H13NO2/c1-8-6-10(11(14)4-5-13)7-9(2)12(8)15-3/h6-7H,4H2,1-3H3. The van der Waals surface area contributed by atoms with Crippen molar-refractivity contribution in [1.82, 2.24) is 0 Å². The fourth-order valence-corrected chi connectivity index (χ4v) is 1.61. The molecule has 1 rings (SSSR count). The lowest BCUT2D eigenvalue weighted by atomic mass is 10.0. The number of nitrogens with zero attached hydrogens (tertiary/aromatic N) is 1. The number of Topliss-reactive ketones (excluding diaryl/α,β-unsaturated/α-hetero) is 1. The van der Waals surface area contributed by atoms with E-state index >= 15 is 0 Å². The van der Waals surface area contributed by atoms with Gasteiger partial charge in [-0.3, -0.25) is 4.79 Å². The fourth-order valence-electron chi connectivity index (χ4n) is 1.61. The number of ether oxygens (including phenoxy) is 1. The van der Waals surface area contributed by atoms with Crippen molar-refractivity contribution in [1.29, 1.82) is 5.26 Å². The molecule has 0 amide bonds. The maximum absolute atomic E-state index is 11.5. The summed E-state index contributed by atoms with van der Waals surface area (Å²) in [6.07, 6.45) is -0.0782. The second-order valence-electron chi connectivity index (χ2n) is 3.40. The molecule has 0 aromatic heterocycles. The molecule has 0 spiro atoms. The number of aryl methyl sites for hydroxylation is 2. The summed E-state index contributed by atoms with van der Waals surface area (Å²) in [5, 5.41) is 8.44. The van der Waals surface area contributed by atoms with E-state index in [4.69, 9.17) is 10.00 Å². The Morgan fingerprint density at radius 3 is 2.33 bits per heavy atom. The first kappa shape index (κ1) is 11.3. The molecule has 78 valence electrons. The normalized spacial score (nSPS) is 9.47. The molecular formula is C12H13NO2. The molecule has 0 aliphatic heterocycles. The van der Waals surface area contributed by atoms with Gasteiger partial charge in [0.25, 0.3) is 0 Å². The average molecular weight is 203 g/mol. The minimum absolute atomic E-state index is 0.0782. The third-order valence-electron chi connectivity index (χ3n) is 2.23. The molecule has 1 aromatic rings. The van der Waals surface area contributed by atoms with Gasteiger partial charge in [0.2, 0.25) is 0 Å². The molecule has 0 aliphatic carbocycles. The van der Waals surface area contributed by atoms with Gasteiger partial charge in [0.1, 0.15) is 5.75 Å². The van der Waals surface area contributed by atoms with Gasteiger partial charge in [-0.1, -0.05) is 0 Å². The highest BCUT2D eigenvalue weighted by atomic mass is 16.5. The predicted molar refractivity (Wildman–Crippen MR) is 57.0 cm³/mol. The van der Waals surface area contributed by atoms with Crippen molar-refractivity contribution >= 4 is 5.78 Å². The van der Waals surface area contributed by atoms with E-state index in [2.05, 4.69) is 0 Å². The zero-order chi connectivity index (χ0) is 11.4. The molecule has 3 heteroatoms. The maximum atomic E-state index is 11.5. The van der Waals surface area contributed by atoms with Crippen LogP contribution in [0.2, 0.25) is 0 Å². The quantitative estimate of drug-likeness (QED) is 0.709. The summed E-state index contributed by atoms with van der Waals surface area (Å²) in [5.41, 5.74) is 2.41. The van der Waals surface area contributed by atoms with Crippen LogP contribution in [0.3, 0.4) is 0 Å². The SMILES string of the molecule is COc1c(C)cc(C(=O)CC#N)cc1C. The largest absolute Gasteiger partial charge is 0.496 e. The van der Waals surface area contributed by atoms with Crippen LogP contribution in [-0.4, -0.2) is 12.9 Å². The number of rotatable bonds is 3. The average Bonchev–Trinajstić information content (AvgIpc) is 2.17. The number of hydrogen-bond acceptors (Lipinski definition) is 3. The Labute approximate surface area is 89.3 Å². The first-order valence-corrected chi connectivity index (χ1v) is 4.65. The van der Waals surface area contributed by atoms with Gasteiger partial charge in [0, 0.05) is 5.56 Å². The van der Waals surface area contributed by atoms with Crippen LogP contribution in [-0.2, 0) is 0 Å². The van der Waals surface area contributed by atoms with Crippen LogP contribution >= 0.6 is 0 Å². The summed E-state index contributed by atoms with van der Waals surface area (Å²) in [4.78, 5) is 11.5. The molecule has 0 aliphatic rings. The molecule has 0 saturated heterocycles. The summed E-state index contributed by atoms with van der Waals surface area (Å²) >= 11 is 0. The second kappa shape index (κ2) is 4.61. The van der Waals surface area contributed by atoms with Crippen LogP contribution in [0.1, 0.15) is 27.9 Å². The Kier molecular flexibility index (Phi) is 3.46. The van der Waals surface area contributed by atoms with Crippen LogP contribution < -0.4 is 4.74 Å².